The standard InChI is InChI=1S/C17H17N5O2S2/c18-14(23)9-19-15(24)11-26-17-21-20-16(13-7-4-8-25-13)22(17)10-12-5-2-1-3-6-12/h1-8H,9-11H2,(H2,18,23)(H,19,24). The number of hydrogen-bond donors (Lipinski definition) is 2. The highest BCUT2D eigenvalue weighted by Crippen LogP contribution is 2.28. The third-order valence-corrected chi connectivity index (χ3v) is 5.27. The number of aromatic nitrogens is 3. The highest BCUT2D eigenvalue weighted by atomic mass is 32.2. The van der Waals surface area contributed by atoms with Gasteiger partial charge in [-0.05, 0) is 17.0 Å². The minimum Gasteiger partial charge on any atom is -0.368 e. The number of amides is 2. The highest BCUT2D eigenvalue weighted by molar-refractivity contribution is 7.99. The number of carbonyl (C=O) groups excluding carboxylic acids is 2. The number of rotatable bonds is 8. The Hall–Kier alpha value is -2.65. The molecule has 0 spiro atoms. The van der Waals surface area contributed by atoms with E-state index in [9.17, 15) is 9.59 Å². The molecule has 134 valence electrons. The second-order valence-corrected chi connectivity index (χ2v) is 7.28. The maximum atomic E-state index is 11.8. The van der Waals surface area contributed by atoms with Crippen molar-refractivity contribution in [2.45, 2.75) is 11.7 Å². The zero-order valence-corrected chi connectivity index (χ0v) is 15.4. The van der Waals surface area contributed by atoms with Crippen LogP contribution in [0.15, 0.2) is 53.0 Å². The molecule has 0 unspecified atom stereocenters. The summed E-state index contributed by atoms with van der Waals surface area (Å²) < 4.78 is 1.99. The molecule has 1 aromatic carbocycles. The van der Waals surface area contributed by atoms with Gasteiger partial charge in [-0.15, -0.1) is 21.5 Å². The molecule has 9 heteroatoms. The summed E-state index contributed by atoms with van der Waals surface area (Å²) in [4.78, 5) is 23.6. The van der Waals surface area contributed by atoms with Gasteiger partial charge in [0.15, 0.2) is 11.0 Å². The van der Waals surface area contributed by atoms with Crippen molar-refractivity contribution in [3.8, 4) is 10.7 Å². The van der Waals surface area contributed by atoms with Crippen molar-refractivity contribution in [3.05, 3.63) is 53.4 Å². The molecule has 26 heavy (non-hydrogen) atoms. The Morgan fingerprint density at radius 1 is 1.15 bits per heavy atom. The summed E-state index contributed by atoms with van der Waals surface area (Å²) in [6.07, 6.45) is 0. The summed E-state index contributed by atoms with van der Waals surface area (Å²) in [5, 5.41) is 13.6. The van der Waals surface area contributed by atoms with Crippen LogP contribution in [0.25, 0.3) is 10.7 Å². The van der Waals surface area contributed by atoms with Crippen molar-refractivity contribution in [2.24, 2.45) is 5.73 Å². The average Bonchev–Trinajstić information content (AvgIpc) is 3.29. The van der Waals surface area contributed by atoms with E-state index in [-0.39, 0.29) is 18.2 Å². The van der Waals surface area contributed by atoms with Crippen LogP contribution < -0.4 is 11.1 Å². The lowest BCUT2D eigenvalue weighted by Gasteiger charge is -2.09. The van der Waals surface area contributed by atoms with Gasteiger partial charge in [-0.25, -0.2) is 0 Å². The van der Waals surface area contributed by atoms with E-state index < -0.39 is 5.91 Å². The second-order valence-electron chi connectivity index (χ2n) is 5.39. The van der Waals surface area contributed by atoms with Crippen molar-refractivity contribution in [2.75, 3.05) is 12.3 Å². The summed E-state index contributed by atoms with van der Waals surface area (Å²) >= 11 is 2.86. The first-order valence-electron chi connectivity index (χ1n) is 7.82. The van der Waals surface area contributed by atoms with Crippen LogP contribution in [-0.2, 0) is 16.1 Å². The van der Waals surface area contributed by atoms with Crippen molar-refractivity contribution in [1.82, 2.24) is 20.1 Å². The summed E-state index contributed by atoms with van der Waals surface area (Å²) in [5.74, 6) is 0.0465. The third-order valence-electron chi connectivity index (χ3n) is 3.43. The van der Waals surface area contributed by atoms with E-state index in [1.54, 1.807) is 11.3 Å². The second kappa shape index (κ2) is 8.63. The van der Waals surface area contributed by atoms with Gasteiger partial charge in [0.2, 0.25) is 11.8 Å². The lowest BCUT2D eigenvalue weighted by atomic mass is 10.2. The first kappa shape index (κ1) is 18.2. The Bertz CT molecular complexity index is 878. The Labute approximate surface area is 158 Å². The normalized spacial score (nSPS) is 10.6. The minimum absolute atomic E-state index is 0.130. The number of thioether (sulfide) groups is 1. The molecule has 0 saturated heterocycles. The predicted molar refractivity (Wildman–Crippen MR) is 102 cm³/mol. The minimum atomic E-state index is -0.574. The number of benzene rings is 1. The van der Waals surface area contributed by atoms with Gasteiger partial charge in [0.05, 0.1) is 23.7 Å². The number of nitrogens with two attached hydrogens (primary N) is 1. The number of carbonyl (C=O) groups is 2. The van der Waals surface area contributed by atoms with E-state index in [4.69, 9.17) is 5.73 Å². The predicted octanol–water partition coefficient (Wildman–Crippen LogP) is 1.75. The van der Waals surface area contributed by atoms with Crippen molar-refractivity contribution in [1.29, 1.82) is 0 Å². The van der Waals surface area contributed by atoms with Gasteiger partial charge in [-0.2, -0.15) is 0 Å². The summed E-state index contributed by atoms with van der Waals surface area (Å²) in [7, 11) is 0. The van der Waals surface area contributed by atoms with Gasteiger partial charge in [0, 0.05) is 0 Å². The SMILES string of the molecule is NC(=O)CNC(=O)CSc1nnc(-c2cccs2)n1Cc1ccccc1. The van der Waals surface area contributed by atoms with Gasteiger partial charge >= 0.3 is 0 Å². The molecule has 0 saturated carbocycles. The van der Waals surface area contributed by atoms with Crippen LogP contribution in [0.4, 0.5) is 0 Å². The van der Waals surface area contributed by atoms with Gasteiger partial charge in [0.1, 0.15) is 0 Å². The summed E-state index contributed by atoms with van der Waals surface area (Å²) in [5.41, 5.74) is 6.15. The van der Waals surface area contributed by atoms with Crippen LogP contribution in [-0.4, -0.2) is 38.9 Å². The van der Waals surface area contributed by atoms with Gasteiger partial charge in [0.25, 0.3) is 0 Å². The number of thiophene rings is 1. The molecule has 0 fully saturated rings. The number of hydrogen-bond acceptors (Lipinski definition) is 6. The molecule has 7 nitrogen and oxygen atoms in total. The molecule has 3 rings (SSSR count). The van der Waals surface area contributed by atoms with Gasteiger partial charge in [-0.1, -0.05) is 48.2 Å². The Morgan fingerprint density at radius 2 is 1.96 bits per heavy atom. The Morgan fingerprint density at radius 3 is 2.65 bits per heavy atom. The van der Waals surface area contributed by atoms with E-state index in [0.717, 1.165) is 16.3 Å². The average molecular weight is 387 g/mol. The lowest BCUT2D eigenvalue weighted by Crippen LogP contribution is -2.34. The van der Waals surface area contributed by atoms with Crippen molar-refractivity contribution in [3.63, 3.8) is 0 Å². The van der Waals surface area contributed by atoms with Crippen LogP contribution in [0.3, 0.4) is 0 Å². The molecule has 0 radical (unpaired) electrons. The lowest BCUT2D eigenvalue weighted by molar-refractivity contribution is -0.123. The van der Waals surface area contributed by atoms with Gasteiger partial charge in [-0.3, -0.25) is 14.2 Å². The van der Waals surface area contributed by atoms with Crippen LogP contribution in [0.1, 0.15) is 5.56 Å². The van der Waals surface area contributed by atoms with Crippen LogP contribution >= 0.6 is 23.1 Å². The van der Waals surface area contributed by atoms with E-state index >= 15 is 0 Å². The molecule has 0 aliphatic carbocycles. The fraction of sp³-hybridized carbons (Fsp3) is 0.176. The quantitative estimate of drug-likeness (QED) is 0.573. The largest absolute Gasteiger partial charge is 0.368 e. The molecule has 2 aromatic heterocycles. The molecule has 0 aliphatic heterocycles. The van der Waals surface area contributed by atoms with E-state index in [0.29, 0.717) is 11.7 Å². The summed E-state index contributed by atoms with van der Waals surface area (Å²) in [6, 6.07) is 14.0. The number of primary amides is 1. The Balaban J connectivity index is 1.78. The first-order valence-corrected chi connectivity index (χ1v) is 9.69. The van der Waals surface area contributed by atoms with Crippen LogP contribution in [0, 0.1) is 0 Å². The maximum absolute atomic E-state index is 11.8. The summed E-state index contributed by atoms with van der Waals surface area (Å²) in [6.45, 7) is 0.433. The Kier molecular flexibility index (Phi) is 6.03. The van der Waals surface area contributed by atoms with E-state index in [1.807, 2.05) is 52.4 Å². The fourth-order valence-electron chi connectivity index (χ4n) is 2.26. The zero-order valence-electron chi connectivity index (χ0n) is 13.8. The fourth-order valence-corrected chi connectivity index (χ4v) is 3.74. The molecule has 0 bridgehead atoms. The molecule has 2 heterocycles. The molecule has 0 aliphatic rings. The van der Waals surface area contributed by atoms with E-state index in [2.05, 4.69) is 15.5 Å². The van der Waals surface area contributed by atoms with Crippen molar-refractivity contribution >= 4 is 34.9 Å². The molecular formula is C17H17N5O2S2. The highest BCUT2D eigenvalue weighted by Gasteiger charge is 2.16. The first-order chi connectivity index (χ1) is 12.6. The van der Waals surface area contributed by atoms with Crippen molar-refractivity contribution < 1.29 is 9.59 Å². The molecule has 2 amide bonds. The number of nitrogens with zero attached hydrogens (tertiary/aromatic N) is 3. The smallest absolute Gasteiger partial charge is 0.236 e. The third kappa shape index (κ3) is 4.70. The topological polar surface area (TPSA) is 103 Å². The maximum Gasteiger partial charge on any atom is 0.236 e. The number of nitrogens with one attached hydrogen (secondary N) is 1. The zero-order chi connectivity index (χ0) is 18.4. The molecule has 3 N–H and O–H groups in total. The molecular weight excluding hydrogens is 370 g/mol. The van der Waals surface area contributed by atoms with Crippen LogP contribution in [0.2, 0.25) is 0 Å². The monoisotopic (exact) mass is 387 g/mol. The molecule has 0 atom stereocenters. The van der Waals surface area contributed by atoms with E-state index in [1.165, 1.54) is 11.8 Å². The molecule has 3 aromatic rings. The van der Waals surface area contributed by atoms with Crippen LogP contribution in [0.5, 0.6) is 0 Å². The van der Waals surface area contributed by atoms with Gasteiger partial charge < -0.3 is 11.1 Å².